The van der Waals surface area contributed by atoms with Crippen molar-refractivity contribution < 1.29 is 14.3 Å². The third kappa shape index (κ3) is 7.26. The van der Waals surface area contributed by atoms with Crippen LogP contribution >= 0.6 is 23.1 Å². The molecule has 0 saturated heterocycles. The monoisotopic (exact) mass is 589 g/mol. The average molecular weight is 590 g/mol. The number of hydrogen-bond acceptors (Lipinski definition) is 6. The molecule has 1 aromatic heterocycles. The molecule has 0 fully saturated rings. The first kappa shape index (κ1) is 28.7. The summed E-state index contributed by atoms with van der Waals surface area (Å²) in [5, 5.41) is 17.7. The fraction of sp³-hybridized carbons (Fsp3) is 0.0882. The number of carbonyl (C=O) groups is 2. The van der Waals surface area contributed by atoms with Gasteiger partial charge >= 0.3 is 0 Å². The van der Waals surface area contributed by atoms with Crippen LogP contribution in [0.3, 0.4) is 0 Å². The van der Waals surface area contributed by atoms with Crippen LogP contribution in [0.15, 0.2) is 119 Å². The summed E-state index contributed by atoms with van der Waals surface area (Å²) in [5.41, 5.74) is 4.71. The van der Waals surface area contributed by atoms with Crippen LogP contribution in [0.25, 0.3) is 11.1 Å². The zero-order chi connectivity index (χ0) is 29.3. The highest BCUT2D eigenvalue weighted by Gasteiger charge is 2.25. The highest BCUT2D eigenvalue weighted by molar-refractivity contribution is 8.00. The lowest BCUT2D eigenvalue weighted by Gasteiger charge is -2.17. The van der Waals surface area contributed by atoms with Crippen LogP contribution in [0.1, 0.15) is 21.9 Å². The predicted octanol–water partition coefficient (Wildman–Crippen LogP) is 8.08. The number of thiophene rings is 1. The topological polar surface area (TPSA) is 91.2 Å². The van der Waals surface area contributed by atoms with Crippen molar-refractivity contribution in [2.24, 2.45) is 0 Å². The molecule has 6 nitrogen and oxygen atoms in total. The summed E-state index contributed by atoms with van der Waals surface area (Å²) >= 11 is 2.70. The second kappa shape index (κ2) is 13.7. The van der Waals surface area contributed by atoms with Crippen LogP contribution in [0.4, 0.5) is 10.7 Å². The van der Waals surface area contributed by atoms with Gasteiger partial charge in [-0.2, -0.15) is 5.26 Å². The van der Waals surface area contributed by atoms with Gasteiger partial charge in [0.1, 0.15) is 22.1 Å². The Kier molecular flexibility index (Phi) is 9.34. The summed E-state index contributed by atoms with van der Waals surface area (Å²) in [4.78, 5) is 27.0. The number of nitrogens with one attached hydrogen (secondary N) is 2. The van der Waals surface area contributed by atoms with E-state index in [1.54, 1.807) is 18.2 Å². The molecule has 2 N–H and O–H groups in total. The van der Waals surface area contributed by atoms with Crippen LogP contribution in [0, 0.1) is 18.3 Å². The molecule has 0 saturated carbocycles. The Balaban J connectivity index is 1.32. The Bertz CT molecular complexity index is 1710. The number of ether oxygens (including phenoxy) is 1. The number of hydrogen-bond donors (Lipinski definition) is 2. The van der Waals surface area contributed by atoms with Crippen molar-refractivity contribution in [1.82, 2.24) is 0 Å². The number of nitrogens with zero attached hydrogens (tertiary/aromatic N) is 1. The van der Waals surface area contributed by atoms with Crippen molar-refractivity contribution in [3.8, 4) is 22.9 Å². The van der Waals surface area contributed by atoms with Gasteiger partial charge in [-0.25, -0.2) is 0 Å². The van der Waals surface area contributed by atoms with Crippen molar-refractivity contribution in [1.29, 1.82) is 5.26 Å². The van der Waals surface area contributed by atoms with E-state index < -0.39 is 5.25 Å². The van der Waals surface area contributed by atoms with Crippen LogP contribution in [0.5, 0.6) is 5.75 Å². The molecule has 0 bridgehead atoms. The second-order valence-corrected chi connectivity index (χ2v) is 11.5. The second-order valence-electron chi connectivity index (χ2n) is 9.41. The molecule has 0 aliphatic heterocycles. The molecule has 42 heavy (non-hydrogen) atoms. The van der Waals surface area contributed by atoms with E-state index in [1.165, 1.54) is 23.1 Å². The van der Waals surface area contributed by atoms with Crippen molar-refractivity contribution in [3.05, 3.63) is 131 Å². The molecule has 1 unspecified atom stereocenters. The van der Waals surface area contributed by atoms with Crippen LogP contribution in [-0.2, 0) is 9.59 Å². The minimum Gasteiger partial charge on any atom is -0.484 e. The highest BCUT2D eigenvalue weighted by Crippen LogP contribution is 2.40. The maximum absolute atomic E-state index is 13.7. The molecule has 5 rings (SSSR count). The molecular weight excluding hydrogens is 563 g/mol. The van der Waals surface area contributed by atoms with E-state index in [0.29, 0.717) is 22.0 Å². The Morgan fingerprint density at radius 1 is 0.905 bits per heavy atom. The number of para-hydroxylation sites is 1. The minimum atomic E-state index is -0.602. The van der Waals surface area contributed by atoms with Gasteiger partial charge in [0.25, 0.3) is 5.91 Å². The summed E-state index contributed by atoms with van der Waals surface area (Å²) in [6.07, 6.45) is 0. The van der Waals surface area contributed by atoms with Crippen LogP contribution in [0.2, 0.25) is 0 Å². The quantitative estimate of drug-likeness (QED) is 0.161. The molecule has 0 radical (unpaired) electrons. The molecule has 1 atom stereocenters. The van der Waals surface area contributed by atoms with Crippen molar-refractivity contribution in [2.45, 2.75) is 17.1 Å². The number of nitriles is 1. The number of amides is 2. The molecule has 0 aliphatic carbocycles. The lowest BCUT2D eigenvalue weighted by molar-refractivity contribution is -0.118. The van der Waals surface area contributed by atoms with Gasteiger partial charge in [0.2, 0.25) is 5.91 Å². The first-order chi connectivity index (χ1) is 20.5. The van der Waals surface area contributed by atoms with E-state index in [2.05, 4.69) is 16.7 Å². The third-order valence-corrected chi connectivity index (χ3v) is 8.47. The third-order valence-electron chi connectivity index (χ3n) is 6.33. The van der Waals surface area contributed by atoms with E-state index in [1.807, 2.05) is 103 Å². The molecule has 2 amide bonds. The Labute approximate surface area is 253 Å². The fourth-order valence-corrected chi connectivity index (χ4v) is 6.24. The summed E-state index contributed by atoms with van der Waals surface area (Å²) in [7, 11) is 0. The standard InChI is InChI=1S/C34H27N3O3S2/c1-23-15-17-24(18-16-23)30-22-41-34(29(30)20-35)37-33(39)32(25-9-4-2-5-10-25)42-28-14-8-11-26(19-28)36-31(38)21-40-27-12-6-3-7-13-27/h2-19,22,32H,21H2,1H3,(H,36,38)(H,37,39). The molecule has 4 aromatic carbocycles. The van der Waals surface area contributed by atoms with E-state index in [9.17, 15) is 14.9 Å². The lowest BCUT2D eigenvalue weighted by Crippen LogP contribution is -2.20. The van der Waals surface area contributed by atoms with Crippen molar-refractivity contribution in [2.75, 3.05) is 17.2 Å². The van der Waals surface area contributed by atoms with Gasteiger partial charge in [-0.1, -0.05) is 84.4 Å². The SMILES string of the molecule is Cc1ccc(-c2csc(NC(=O)C(Sc3cccc(NC(=O)COc4ccccc4)c3)c3ccccc3)c2C#N)cc1. The Morgan fingerprint density at radius 3 is 2.33 bits per heavy atom. The summed E-state index contributed by atoms with van der Waals surface area (Å²) in [5.74, 6) is 0.0834. The number of rotatable bonds is 10. The van der Waals surface area contributed by atoms with Gasteiger partial charge in [-0.05, 0) is 48.4 Å². The number of carbonyl (C=O) groups excluding carboxylic acids is 2. The molecule has 5 aromatic rings. The van der Waals surface area contributed by atoms with E-state index in [4.69, 9.17) is 4.74 Å². The number of anilines is 2. The first-order valence-corrected chi connectivity index (χ1v) is 14.9. The normalized spacial score (nSPS) is 11.2. The van der Waals surface area contributed by atoms with Crippen molar-refractivity contribution >= 4 is 45.6 Å². The molecule has 208 valence electrons. The molecule has 8 heteroatoms. The van der Waals surface area contributed by atoms with Crippen molar-refractivity contribution in [3.63, 3.8) is 0 Å². The number of thioether (sulfide) groups is 1. The largest absolute Gasteiger partial charge is 0.484 e. The number of benzene rings is 4. The zero-order valence-electron chi connectivity index (χ0n) is 22.7. The van der Waals surface area contributed by atoms with Crippen LogP contribution in [-0.4, -0.2) is 18.4 Å². The van der Waals surface area contributed by atoms with Gasteiger partial charge in [0.15, 0.2) is 6.61 Å². The molecular formula is C34H27N3O3S2. The Morgan fingerprint density at radius 2 is 1.62 bits per heavy atom. The molecule has 1 heterocycles. The zero-order valence-corrected chi connectivity index (χ0v) is 24.4. The maximum atomic E-state index is 13.7. The molecule has 0 aliphatic rings. The fourth-order valence-electron chi connectivity index (χ4n) is 4.23. The lowest BCUT2D eigenvalue weighted by atomic mass is 10.0. The molecule has 0 spiro atoms. The van der Waals surface area contributed by atoms with E-state index in [0.717, 1.165) is 27.1 Å². The van der Waals surface area contributed by atoms with Gasteiger partial charge < -0.3 is 15.4 Å². The predicted molar refractivity (Wildman–Crippen MR) is 170 cm³/mol. The Hall–Kier alpha value is -4.84. The van der Waals surface area contributed by atoms with Gasteiger partial charge in [0, 0.05) is 21.5 Å². The van der Waals surface area contributed by atoms with Gasteiger partial charge in [0.05, 0.1) is 5.56 Å². The smallest absolute Gasteiger partial charge is 0.262 e. The van der Waals surface area contributed by atoms with Gasteiger partial charge in [-0.15, -0.1) is 23.1 Å². The van der Waals surface area contributed by atoms with Crippen LogP contribution < -0.4 is 15.4 Å². The van der Waals surface area contributed by atoms with Gasteiger partial charge in [-0.3, -0.25) is 9.59 Å². The first-order valence-electron chi connectivity index (χ1n) is 13.2. The maximum Gasteiger partial charge on any atom is 0.262 e. The highest BCUT2D eigenvalue weighted by atomic mass is 32.2. The summed E-state index contributed by atoms with van der Waals surface area (Å²) < 4.78 is 5.54. The minimum absolute atomic E-state index is 0.122. The summed E-state index contributed by atoms with van der Waals surface area (Å²) in [6, 6.07) is 36.2. The van der Waals surface area contributed by atoms with E-state index >= 15 is 0 Å². The summed E-state index contributed by atoms with van der Waals surface area (Å²) in [6.45, 7) is 1.89. The number of aryl methyl sites for hydroxylation is 1. The average Bonchev–Trinajstić information content (AvgIpc) is 3.42. The van der Waals surface area contributed by atoms with E-state index in [-0.39, 0.29) is 18.4 Å².